The molecule has 3 aliphatic rings. The molecule has 0 aromatic heterocycles. The summed E-state index contributed by atoms with van der Waals surface area (Å²) in [6.45, 7) is 9.22. The lowest BCUT2D eigenvalue weighted by atomic mass is 9.80. The van der Waals surface area contributed by atoms with E-state index in [1.54, 1.807) is 146 Å². The fourth-order valence-electron chi connectivity index (χ4n) is 10.5. The van der Waals surface area contributed by atoms with Gasteiger partial charge in [0.05, 0.1) is 12.0 Å². The van der Waals surface area contributed by atoms with Crippen LogP contribution in [0.5, 0.6) is 0 Å². The molecular weight excluding hydrogens is 1260 g/mol. The van der Waals surface area contributed by atoms with Crippen LogP contribution in [-0.2, 0) is 19.2 Å². The summed E-state index contributed by atoms with van der Waals surface area (Å²) in [5, 5.41) is 37.4. The number of aliphatic hydroxyl groups is 1. The normalized spacial score (nSPS) is 18.8. The fraction of sp³-hybridized carbons (Fsp3) is 0.169. The third-order valence-corrected chi connectivity index (χ3v) is 18.8. The first kappa shape index (κ1) is 73.8. The maximum absolute atomic E-state index is 13.2. The monoisotopic (exact) mass is 1330 g/mol. The van der Waals surface area contributed by atoms with Crippen LogP contribution < -0.4 is 0 Å². The van der Waals surface area contributed by atoms with Crippen molar-refractivity contribution in [2.75, 3.05) is 0 Å². The number of azide groups is 5. The largest absolute Gasteiger partial charge is 0.481 e. The number of carboxylic acid groups (broad SMARTS) is 1. The van der Waals surface area contributed by atoms with E-state index in [1.165, 1.54) is 5.56 Å². The van der Waals surface area contributed by atoms with Crippen molar-refractivity contribution in [3.8, 4) is 0 Å². The number of allylic oxidation sites excluding steroid dienone is 16. The summed E-state index contributed by atoms with van der Waals surface area (Å²) in [6, 6.07) is 43.6. The van der Waals surface area contributed by atoms with Crippen molar-refractivity contribution in [1.82, 2.24) is 0 Å². The van der Waals surface area contributed by atoms with Crippen LogP contribution in [0.2, 0.25) is 25.2 Å². The zero-order chi connectivity index (χ0) is 70.9. The van der Waals surface area contributed by atoms with E-state index in [2.05, 4.69) is 107 Å². The van der Waals surface area contributed by atoms with Crippen LogP contribution in [-0.4, -0.2) is 47.7 Å². The van der Waals surface area contributed by atoms with Gasteiger partial charge < -0.3 is 10.2 Å². The van der Waals surface area contributed by atoms with Crippen LogP contribution >= 0.6 is 0 Å². The van der Waals surface area contributed by atoms with E-state index < -0.39 is 26.1 Å². The number of ketones is 3. The topological polar surface area (TPSA) is 353 Å². The Hall–Kier alpha value is -12.6. The van der Waals surface area contributed by atoms with Gasteiger partial charge in [0.2, 0.25) is 0 Å². The number of rotatable bonds is 19. The second-order valence-electron chi connectivity index (χ2n) is 24.1. The van der Waals surface area contributed by atoms with Gasteiger partial charge in [-0.05, 0) is 110 Å². The predicted molar refractivity (Wildman–Crippen MR) is 397 cm³/mol. The molecule has 99 heavy (non-hydrogen) atoms. The number of carbonyl (C=O) groups is 4. The van der Waals surface area contributed by atoms with Gasteiger partial charge in [-0.3, -0.25) is 19.2 Å². The Morgan fingerprint density at radius 1 is 0.374 bits per heavy atom. The third-order valence-electron chi connectivity index (χ3n) is 16.0. The summed E-state index contributed by atoms with van der Waals surface area (Å²) in [7, 11) is -1.42. The highest BCUT2D eigenvalue weighted by Crippen LogP contribution is 2.41. The summed E-state index contributed by atoms with van der Waals surface area (Å²) in [6.07, 6.45) is 34.9. The second-order valence-corrected chi connectivity index (χ2v) is 29.6. The lowest BCUT2D eigenvalue weighted by molar-refractivity contribution is -0.142. The van der Waals surface area contributed by atoms with Gasteiger partial charge in [-0.2, -0.15) is 0 Å². The van der Waals surface area contributed by atoms with Gasteiger partial charge in [0, 0.05) is 96.2 Å². The molecular formula is C77H71N15O6Si. The quantitative estimate of drug-likeness (QED) is 0.0261. The Morgan fingerprint density at radius 3 is 0.798 bits per heavy atom. The van der Waals surface area contributed by atoms with Crippen LogP contribution in [0.3, 0.4) is 0 Å². The van der Waals surface area contributed by atoms with Crippen molar-refractivity contribution in [2.24, 2.45) is 31.5 Å². The maximum atomic E-state index is 13.2. The van der Waals surface area contributed by atoms with Crippen molar-refractivity contribution in [1.29, 1.82) is 0 Å². The molecule has 0 spiro atoms. The molecule has 1 atom stereocenters. The average Bonchev–Trinajstić information content (AvgIpc) is 0.831. The van der Waals surface area contributed by atoms with E-state index in [9.17, 15) is 29.4 Å². The van der Waals surface area contributed by atoms with Gasteiger partial charge in [-0.25, -0.2) is 0 Å². The highest BCUT2D eigenvalue weighted by molar-refractivity contribution is 6.77. The molecule has 22 heteroatoms. The molecule has 6 aromatic carbocycles. The summed E-state index contributed by atoms with van der Waals surface area (Å²) in [5.74, 6) is -1.73. The van der Waals surface area contributed by atoms with Crippen molar-refractivity contribution in [2.45, 2.75) is 76.7 Å². The first-order chi connectivity index (χ1) is 47.8. The number of carboxylic acids is 1. The predicted octanol–water partition coefficient (Wildman–Crippen LogP) is 22.7. The van der Waals surface area contributed by atoms with E-state index in [1.807, 2.05) is 78.9 Å². The van der Waals surface area contributed by atoms with Gasteiger partial charge in [-0.1, -0.05) is 306 Å². The molecule has 21 nitrogen and oxygen atoms in total. The molecule has 3 saturated carbocycles. The summed E-state index contributed by atoms with van der Waals surface area (Å²) >= 11 is 0. The molecule has 2 N–H and O–H groups in total. The number of hydrogen-bond donors (Lipinski definition) is 2. The SMILES string of the molecule is Cc1ccc(/C=C/C=C2\CC([Si](C)(C)C)C/C(=C\C=C\c3ccc(N=[N+]=[N-])cc3)C2=O)cc1.[N-]=[N+]=Nc1ccc(/C=C/C=C2\CC(C(=O)O)C/C(=C\C=C\c3ccc(N=[N+]=[N-])cc3)C2=O)cc1.[N-]=[N+]=Nc1ccc(/C=C/C=C2\CC(O)C/C(=C\C=C\c3ccc(N=[N+]=[N-])cc3)C2=O)cc1. The van der Waals surface area contributed by atoms with Crippen molar-refractivity contribution >= 4 is 96.3 Å². The van der Waals surface area contributed by atoms with Gasteiger partial charge >= 0.3 is 5.97 Å². The molecule has 0 radical (unpaired) electrons. The van der Waals surface area contributed by atoms with Crippen LogP contribution in [0.25, 0.3) is 88.7 Å². The van der Waals surface area contributed by atoms with E-state index in [-0.39, 0.29) is 30.2 Å². The van der Waals surface area contributed by atoms with Gasteiger partial charge in [0.25, 0.3) is 0 Å². The summed E-state index contributed by atoms with van der Waals surface area (Å²) < 4.78 is 0. The Kier molecular flexibility index (Phi) is 28.4. The molecule has 6 aromatic rings. The number of aliphatic hydroxyl groups excluding tert-OH is 1. The van der Waals surface area contributed by atoms with E-state index in [4.69, 9.17) is 27.7 Å². The first-order valence-corrected chi connectivity index (χ1v) is 35.0. The van der Waals surface area contributed by atoms with E-state index >= 15 is 0 Å². The maximum Gasteiger partial charge on any atom is 0.307 e. The van der Waals surface area contributed by atoms with Crippen LogP contribution in [0, 0.1) is 12.8 Å². The fourth-order valence-corrected chi connectivity index (χ4v) is 12.1. The Labute approximate surface area is 574 Å². The van der Waals surface area contributed by atoms with Crippen LogP contribution in [0.4, 0.5) is 28.4 Å². The lowest BCUT2D eigenvalue weighted by Crippen LogP contribution is -2.33. The zero-order valence-corrected chi connectivity index (χ0v) is 56.0. The molecule has 3 fully saturated rings. The molecule has 1 unspecified atom stereocenters. The lowest BCUT2D eigenvalue weighted by Gasteiger charge is -2.34. The molecule has 0 saturated heterocycles. The number of hydrogen-bond acceptors (Lipinski definition) is 10. The Morgan fingerprint density at radius 2 is 0.586 bits per heavy atom. The van der Waals surface area contributed by atoms with Gasteiger partial charge in [0.15, 0.2) is 17.3 Å². The third kappa shape index (κ3) is 24.3. The number of benzene rings is 6. The standard InChI is InChI=1S/C28H31N3OSi.C25H20N6O3.C24H20N6O2/c1-21-11-13-22(14-12-21)7-5-9-24-19-27(33(2,3)4)20-25(28(24)32)10-6-8-23-15-17-26(18-16-23)30-31-29;26-30-28-22-11-7-17(8-12-22)3-1-5-19-15-21(25(33)34)16-20(24(19)32)6-2-4-18-9-13-23(14-10-18)29-31-27;25-29-27-21-11-7-17(8-12-21)3-1-5-19-15-23(31)16-20(24(19)32)6-2-4-18-9-13-22(14-10-18)28-30-26/h5-18,27H,19-20H2,1-4H3;1-14,21H,15-16H2,(H,33,34);1-14,23,31H,15-16H2/b7-5+,8-6+,24-9+,25-10+;2*3-1+,4-2+,19-5+,20-6+. The van der Waals surface area contributed by atoms with E-state index in [0.717, 1.165) is 57.4 Å². The van der Waals surface area contributed by atoms with Crippen LogP contribution in [0.1, 0.15) is 77.5 Å². The molecule has 0 heterocycles. The summed E-state index contributed by atoms with van der Waals surface area (Å²) in [4.78, 5) is 64.3. The molecule has 3 aliphatic carbocycles. The first-order valence-electron chi connectivity index (χ1n) is 31.5. The molecule has 9 rings (SSSR count). The van der Waals surface area contributed by atoms with Gasteiger partial charge in [0.1, 0.15) is 0 Å². The molecule has 494 valence electrons. The van der Waals surface area contributed by atoms with Crippen molar-refractivity contribution in [3.05, 3.63) is 343 Å². The number of nitrogens with zero attached hydrogens (tertiary/aromatic N) is 15. The minimum atomic E-state index is -1.42. The molecule has 0 bridgehead atoms. The highest BCUT2D eigenvalue weighted by Gasteiger charge is 2.35. The number of Topliss-reactive ketones (excluding diaryl/α,β-unsaturated/α-hetero) is 3. The highest BCUT2D eigenvalue weighted by atomic mass is 28.3. The molecule has 0 aliphatic heterocycles. The smallest absolute Gasteiger partial charge is 0.307 e. The number of aryl methyl sites for hydroxylation is 1. The van der Waals surface area contributed by atoms with Crippen LogP contribution in [0.15, 0.2) is 278 Å². The second kappa shape index (κ2) is 38.1. The average molecular weight is 1330 g/mol. The van der Waals surface area contributed by atoms with E-state index in [0.29, 0.717) is 69.1 Å². The Balaban J connectivity index is 0.000000209. The molecule has 0 amide bonds. The summed E-state index contributed by atoms with van der Waals surface area (Å²) in [5.41, 5.74) is 56.1. The van der Waals surface area contributed by atoms with Gasteiger partial charge in [-0.15, -0.1) is 0 Å². The number of carbonyl (C=O) groups excluding carboxylic acids is 3. The number of aliphatic carboxylic acids is 1. The zero-order valence-electron chi connectivity index (χ0n) is 55.0. The Bertz CT molecular complexity index is 4390. The van der Waals surface area contributed by atoms with Crippen molar-refractivity contribution < 1.29 is 29.4 Å². The van der Waals surface area contributed by atoms with Crippen molar-refractivity contribution in [3.63, 3.8) is 0 Å². The minimum Gasteiger partial charge on any atom is -0.481 e. The minimum absolute atomic E-state index is 0.0815.